The number of esters is 3. The third-order valence-corrected chi connectivity index (χ3v) is 12.7. The average molecular weight is 995 g/mol. The number of halogens is 18. The van der Waals surface area contributed by atoms with Crippen molar-refractivity contribution in [1.82, 2.24) is 0 Å². The lowest BCUT2D eigenvalue weighted by molar-refractivity contribution is -0.408. The Morgan fingerprint density at radius 3 is 1.31 bits per heavy atom. The first-order valence-corrected chi connectivity index (χ1v) is 19.8. The van der Waals surface area contributed by atoms with Crippen LogP contribution in [0.4, 0.5) is 79.0 Å². The number of ether oxygens (including phenoxy) is 3. The predicted molar refractivity (Wildman–Crippen MR) is 192 cm³/mol. The van der Waals surface area contributed by atoms with Crippen molar-refractivity contribution in [3.05, 3.63) is 0 Å². The van der Waals surface area contributed by atoms with Gasteiger partial charge in [-0.2, -0.15) is 79.0 Å². The minimum atomic E-state index is -6.16. The first-order valence-electron chi connectivity index (χ1n) is 19.8. The Labute approximate surface area is 363 Å². The molecule has 0 aromatic carbocycles. The van der Waals surface area contributed by atoms with Crippen molar-refractivity contribution in [2.45, 2.75) is 175 Å². The van der Waals surface area contributed by atoms with E-state index < -0.39 is 107 Å². The Kier molecular flexibility index (Phi) is 19.1. The van der Waals surface area contributed by atoms with Gasteiger partial charge in [-0.05, 0) is 96.8 Å². The molecule has 386 valence electrons. The normalized spacial score (nSPS) is 24.7. The second kappa shape index (κ2) is 20.0. The molecule has 0 aromatic heterocycles. The third-order valence-electron chi connectivity index (χ3n) is 12.7. The van der Waals surface area contributed by atoms with Gasteiger partial charge in [0.2, 0.25) is 0 Å². The largest absolute Gasteiger partial charge is 0.465 e. The number of fused-ring (bicyclic) bond motifs is 2. The highest BCUT2D eigenvalue weighted by Crippen LogP contribution is 2.62. The molecule has 8 atom stereocenters. The van der Waals surface area contributed by atoms with Gasteiger partial charge in [0, 0.05) is 6.42 Å². The third kappa shape index (κ3) is 12.6. The Balaban J connectivity index is 0.000000981. The van der Waals surface area contributed by atoms with Crippen molar-refractivity contribution >= 4 is 17.9 Å². The standard InChI is InChI=1S/C17H24F6O3.C12H15F9O3.C10H17F3O2/c1-8-9(2)11-6-10(8)7-14(11,5)12(24)26-13(3,4)15(25,16(18,19)20)17(21,22)23;1-4-8(3,10(13,14)15)7(22)24-6(2)5-9(23,11(16,17)18)12(19,20)21;1-5-9(4,10(11,12)13)8(14)15-6-7(2)3/h8-11,25H,6-7H2,1-5H3;6,23H,4-5H2,1-3H3;7H,5-6H2,1-4H3. The summed E-state index contributed by atoms with van der Waals surface area (Å²) in [4.78, 5) is 35.5. The van der Waals surface area contributed by atoms with Crippen LogP contribution in [-0.4, -0.2) is 94.7 Å². The molecule has 0 radical (unpaired) electrons. The van der Waals surface area contributed by atoms with Gasteiger partial charge in [0.05, 0.1) is 12.0 Å². The summed E-state index contributed by atoms with van der Waals surface area (Å²) in [7, 11) is 0. The SMILES string of the molecule is CC1C2CC(C1C)C(C)(C(=O)OC(C)(C)C(O)(C(F)(F)F)C(F)(F)F)C2.CCC(C)(C(=O)OC(C)CC(O)(C(F)(F)F)C(F)(F)F)C(F)(F)F.CCC(C)(C(=O)OCC(C)C)C(F)(F)F. The Morgan fingerprint density at radius 2 is 1.02 bits per heavy atom. The van der Waals surface area contributed by atoms with Crippen molar-refractivity contribution in [3.8, 4) is 0 Å². The number of hydrogen-bond acceptors (Lipinski definition) is 8. The molecule has 2 fully saturated rings. The zero-order chi connectivity index (χ0) is 52.6. The van der Waals surface area contributed by atoms with Gasteiger partial charge in [0.25, 0.3) is 11.2 Å². The molecule has 2 bridgehead atoms. The number of carbonyl (C=O) groups excluding carboxylic acids is 3. The van der Waals surface area contributed by atoms with Crippen LogP contribution in [0.2, 0.25) is 0 Å². The number of alkyl halides is 18. The Morgan fingerprint density at radius 1 is 0.631 bits per heavy atom. The Bertz CT molecular complexity index is 1580. The molecule has 2 N–H and O–H groups in total. The minimum Gasteiger partial charge on any atom is -0.465 e. The molecule has 2 aliphatic rings. The van der Waals surface area contributed by atoms with Crippen LogP contribution in [0.25, 0.3) is 0 Å². The number of aliphatic hydroxyl groups is 2. The van der Waals surface area contributed by atoms with E-state index in [2.05, 4.69) is 9.47 Å². The molecular formula is C39H56F18O8. The van der Waals surface area contributed by atoms with E-state index in [-0.39, 0.29) is 36.7 Å². The highest BCUT2D eigenvalue weighted by atomic mass is 19.4. The number of carbonyl (C=O) groups is 3. The van der Waals surface area contributed by atoms with Gasteiger partial charge in [-0.25, -0.2) is 0 Å². The van der Waals surface area contributed by atoms with E-state index in [1.807, 2.05) is 13.8 Å². The lowest BCUT2D eigenvalue weighted by Crippen LogP contribution is -2.70. The monoisotopic (exact) mass is 994 g/mol. The van der Waals surface area contributed by atoms with Gasteiger partial charge in [0.15, 0.2) is 16.4 Å². The van der Waals surface area contributed by atoms with E-state index in [1.165, 1.54) is 13.8 Å². The van der Waals surface area contributed by atoms with Crippen molar-refractivity contribution < 1.29 is 118 Å². The topological polar surface area (TPSA) is 119 Å². The van der Waals surface area contributed by atoms with Crippen molar-refractivity contribution in [2.75, 3.05) is 6.61 Å². The molecule has 8 nitrogen and oxygen atoms in total. The maximum Gasteiger partial charge on any atom is 0.430 e. The van der Waals surface area contributed by atoms with E-state index in [0.29, 0.717) is 46.5 Å². The fourth-order valence-corrected chi connectivity index (χ4v) is 7.34. The molecular weight excluding hydrogens is 938 g/mol. The fraction of sp³-hybridized carbons (Fsp3) is 0.923. The summed E-state index contributed by atoms with van der Waals surface area (Å²) in [6.07, 6.45) is -38.7. The summed E-state index contributed by atoms with van der Waals surface area (Å²) in [6, 6.07) is 0. The fourth-order valence-electron chi connectivity index (χ4n) is 7.34. The van der Waals surface area contributed by atoms with E-state index in [1.54, 1.807) is 13.8 Å². The van der Waals surface area contributed by atoms with Crippen LogP contribution in [0.3, 0.4) is 0 Å². The second-order valence-electron chi connectivity index (χ2n) is 18.2. The van der Waals surface area contributed by atoms with E-state index >= 15 is 0 Å². The van der Waals surface area contributed by atoms with E-state index in [0.717, 1.165) is 13.8 Å². The van der Waals surface area contributed by atoms with Crippen molar-refractivity contribution in [3.63, 3.8) is 0 Å². The van der Waals surface area contributed by atoms with Gasteiger partial charge in [0.1, 0.15) is 6.10 Å². The molecule has 2 saturated carbocycles. The summed E-state index contributed by atoms with van der Waals surface area (Å²) in [6.45, 7) is 14.0. The van der Waals surface area contributed by atoms with Crippen LogP contribution in [0.1, 0.15) is 115 Å². The molecule has 0 heterocycles. The summed E-state index contributed by atoms with van der Waals surface area (Å²) >= 11 is 0. The average Bonchev–Trinajstić information content (AvgIpc) is 3.60. The smallest absolute Gasteiger partial charge is 0.430 e. The van der Waals surface area contributed by atoms with Crippen molar-refractivity contribution in [1.29, 1.82) is 0 Å². The van der Waals surface area contributed by atoms with Crippen LogP contribution >= 0.6 is 0 Å². The summed E-state index contributed by atoms with van der Waals surface area (Å²) in [5.74, 6) is -3.86. The van der Waals surface area contributed by atoms with Gasteiger partial charge in [-0.15, -0.1) is 0 Å². The van der Waals surface area contributed by atoms with E-state index in [9.17, 15) is 98.5 Å². The molecule has 2 aliphatic carbocycles. The first-order chi connectivity index (χ1) is 28.4. The Hall–Kier alpha value is -2.93. The molecule has 26 heteroatoms. The molecule has 0 aliphatic heterocycles. The molecule has 0 saturated heterocycles. The molecule has 0 spiro atoms. The van der Waals surface area contributed by atoms with Gasteiger partial charge in [-0.3, -0.25) is 14.4 Å². The zero-order valence-electron chi connectivity index (χ0n) is 37.4. The van der Waals surface area contributed by atoms with Crippen LogP contribution in [0.15, 0.2) is 0 Å². The summed E-state index contributed by atoms with van der Waals surface area (Å²) < 4.78 is 243. The second-order valence-corrected chi connectivity index (χ2v) is 18.2. The lowest BCUT2D eigenvalue weighted by atomic mass is 9.66. The molecule has 0 aromatic rings. The molecule has 8 unspecified atom stereocenters. The molecule has 65 heavy (non-hydrogen) atoms. The minimum absolute atomic E-state index is 0.0184. The summed E-state index contributed by atoms with van der Waals surface area (Å²) in [5, 5.41) is 18.5. The van der Waals surface area contributed by atoms with Crippen molar-refractivity contribution in [2.24, 2.45) is 45.8 Å². The van der Waals surface area contributed by atoms with Crippen LogP contribution in [-0.2, 0) is 28.6 Å². The van der Waals surface area contributed by atoms with Crippen LogP contribution < -0.4 is 0 Å². The predicted octanol–water partition coefficient (Wildman–Crippen LogP) is 11.8. The first kappa shape index (κ1) is 62.1. The number of hydrogen-bond donors (Lipinski definition) is 2. The maximum atomic E-state index is 13.1. The maximum absolute atomic E-state index is 13.1. The summed E-state index contributed by atoms with van der Waals surface area (Å²) in [5.41, 5.74) is -20.3. The molecule has 2 rings (SSSR count). The van der Waals surface area contributed by atoms with Crippen LogP contribution in [0, 0.1) is 45.8 Å². The number of rotatable bonds is 12. The van der Waals surface area contributed by atoms with Crippen LogP contribution in [0.5, 0.6) is 0 Å². The van der Waals surface area contributed by atoms with E-state index in [4.69, 9.17) is 9.84 Å². The van der Waals surface area contributed by atoms with Gasteiger partial charge >= 0.3 is 55.0 Å². The molecule has 0 amide bonds. The highest BCUT2D eigenvalue weighted by molar-refractivity contribution is 5.79. The highest BCUT2D eigenvalue weighted by Gasteiger charge is 2.79. The van der Waals surface area contributed by atoms with Gasteiger partial charge < -0.3 is 24.4 Å². The quantitative estimate of drug-likeness (QED) is 0.113. The zero-order valence-corrected chi connectivity index (χ0v) is 37.4. The van der Waals surface area contributed by atoms with Gasteiger partial charge in [-0.1, -0.05) is 41.5 Å². The lowest BCUT2D eigenvalue weighted by Gasteiger charge is -2.46.